The Hall–Kier alpha value is -2.69. The third kappa shape index (κ3) is 4.35. The molecule has 0 saturated heterocycles. The van der Waals surface area contributed by atoms with Gasteiger partial charge in [-0.3, -0.25) is 9.59 Å². The highest BCUT2D eigenvalue weighted by molar-refractivity contribution is 6.00. The second-order valence-corrected chi connectivity index (χ2v) is 6.91. The summed E-state index contributed by atoms with van der Waals surface area (Å²) < 4.78 is 13.6. The molecule has 0 radical (unpaired) electrons. The largest absolute Gasteiger partial charge is 0.352 e. The highest BCUT2D eigenvalue weighted by Crippen LogP contribution is 2.40. The summed E-state index contributed by atoms with van der Waals surface area (Å²) in [4.78, 5) is 24.9. The minimum atomic E-state index is -0.342. The number of rotatable bonds is 7. The average molecular weight is 368 g/mol. The lowest BCUT2D eigenvalue weighted by molar-refractivity contribution is -0.125. The van der Waals surface area contributed by atoms with Gasteiger partial charge in [-0.1, -0.05) is 50.2 Å². The standard InChI is InChI=1S/C22H25FN2O2/c1-3-14-9-7-10-15(4-2)20(14)25-22(27)18-12-17(18)21(26)24-13-16-8-5-6-11-19(16)23/h5-11,17-18H,3-4,12-13H2,1-2H3,(H,24,26)(H,25,27). The van der Waals surface area contributed by atoms with Crippen LogP contribution < -0.4 is 10.6 Å². The van der Waals surface area contributed by atoms with Crippen molar-refractivity contribution < 1.29 is 14.0 Å². The van der Waals surface area contributed by atoms with Gasteiger partial charge in [0.2, 0.25) is 11.8 Å². The molecule has 0 bridgehead atoms. The Morgan fingerprint density at radius 1 is 0.926 bits per heavy atom. The number of para-hydroxylation sites is 1. The summed E-state index contributed by atoms with van der Waals surface area (Å²) in [5.74, 6) is -1.31. The van der Waals surface area contributed by atoms with Gasteiger partial charge in [-0.05, 0) is 36.5 Å². The van der Waals surface area contributed by atoms with Crippen LogP contribution in [-0.2, 0) is 29.0 Å². The van der Waals surface area contributed by atoms with Gasteiger partial charge >= 0.3 is 0 Å². The number of benzene rings is 2. The normalized spacial score (nSPS) is 18.0. The van der Waals surface area contributed by atoms with Crippen molar-refractivity contribution in [1.82, 2.24) is 5.32 Å². The van der Waals surface area contributed by atoms with E-state index in [-0.39, 0.29) is 36.0 Å². The van der Waals surface area contributed by atoms with E-state index in [9.17, 15) is 14.0 Å². The van der Waals surface area contributed by atoms with Gasteiger partial charge in [-0.15, -0.1) is 0 Å². The summed E-state index contributed by atoms with van der Waals surface area (Å²) in [5.41, 5.74) is 3.52. The monoisotopic (exact) mass is 368 g/mol. The van der Waals surface area contributed by atoms with Crippen molar-refractivity contribution in [2.75, 3.05) is 5.32 Å². The van der Waals surface area contributed by atoms with E-state index in [4.69, 9.17) is 0 Å². The zero-order valence-corrected chi connectivity index (χ0v) is 15.7. The lowest BCUT2D eigenvalue weighted by Crippen LogP contribution is -2.27. The van der Waals surface area contributed by atoms with Gasteiger partial charge < -0.3 is 10.6 Å². The number of halogens is 1. The van der Waals surface area contributed by atoms with Crippen molar-refractivity contribution in [2.24, 2.45) is 11.8 Å². The molecule has 2 unspecified atom stereocenters. The molecule has 1 aliphatic rings. The van der Waals surface area contributed by atoms with Gasteiger partial charge in [0.1, 0.15) is 5.82 Å². The molecule has 2 atom stereocenters. The summed E-state index contributed by atoms with van der Waals surface area (Å²) in [6, 6.07) is 12.4. The molecule has 0 aromatic heterocycles. The first-order valence-corrected chi connectivity index (χ1v) is 9.47. The maximum Gasteiger partial charge on any atom is 0.228 e. The van der Waals surface area contributed by atoms with E-state index in [2.05, 4.69) is 24.5 Å². The minimum Gasteiger partial charge on any atom is -0.352 e. The van der Waals surface area contributed by atoms with Crippen LogP contribution in [0.1, 0.15) is 37.0 Å². The van der Waals surface area contributed by atoms with Crippen molar-refractivity contribution in [1.29, 1.82) is 0 Å². The Labute approximate surface area is 159 Å². The fourth-order valence-corrected chi connectivity index (χ4v) is 3.35. The molecule has 1 saturated carbocycles. The maximum absolute atomic E-state index is 13.6. The highest BCUT2D eigenvalue weighted by atomic mass is 19.1. The van der Waals surface area contributed by atoms with Crippen LogP contribution in [0.4, 0.5) is 10.1 Å². The van der Waals surface area contributed by atoms with Crippen LogP contribution in [0.5, 0.6) is 0 Å². The second-order valence-electron chi connectivity index (χ2n) is 6.91. The van der Waals surface area contributed by atoms with E-state index >= 15 is 0 Å². The van der Waals surface area contributed by atoms with E-state index in [1.807, 2.05) is 18.2 Å². The Bertz CT molecular complexity index is 828. The molecule has 2 amide bonds. The number of aryl methyl sites for hydroxylation is 2. The van der Waals surface area contributed by atoms with E-state index < -0.39 is 0 Å². The highest BCUT2D eigenvalue weighted by Gasteiger charge is 2.48. The molecular formula is C22H25FN2O2. The Kier molecular flexibility index (Phi) is 5.89. The predicted octanol–water partition coefficient (Wildman–Crippen LogP) is 3.84. The van der Waals surface area contributed by atoms with Crippen LogP contribution in [-0.4, -0.2) is 11.8 Å². The van der Waals surface area contributed by atoms with Crippen molar-refractivity contribution in [3.05, 3.63) is 65.0 Å². The predicted molar refractivity (Wildman–Crippen MR) is 104 cm³/mol. The molecule has 2 aromatic carbocycles. The number of amides is 2. The van der Waals surface area contributed by atoms with Crippen molar-refractivity contribution in [2.45, 2.75) is 39.7 Å². The van der Waals surface area contributed by atoms with E-state index in [1.54, 1.807) is 18.2 Å². The summed E-state index contributed by atoms with van der Waals surface area (Å²) in [7, 11) is 0. The van der Waals surface area contributed by atoms with Crippen molar-refractivity contribution >= 4 is 17.5 Å². The summed E-state index contributed by atoms with van der Waals surface area (Å²) in [6.07, 6.45) is 2.20. The number of hydrogen-bond donors (Lipinski definition) is 2. The number of hydrogen-bond acceptors (Lipinski definition) is 2. The SMILES string of the molecule is CCc1cccc(CC)c1NC(=O)C1CC1C(=O)NCc1ccccc1F. The Morgan fingerprint density at radius 2 is 1.52 bits per heavy atom. The van der Waals surface area contributed by atoms with Gasteiger partial charge in [-0.25, -0.2) is 4.39 Å². The first-order valence-electron chi connectivity index (χ1n) is 9.47. The molecule has 2 N–H and O–H groups in total. The van der Waals surface area contributed by atoms with Gasteiger partial charge in [0.15, 0.2) is 0 Å². The second kappa shape index (κ2) is 8.33. The molecule has 142 valence electrons. The van der Waals surface area contributed by atoms with Crippen LogP contribution in [0.2, 0.25) is 0 Å². The van der Waals surface area contributed by atoms with E-state index in [0.717, 1.165) is 29.7 Å². The summed E-state index contributed by atoms with van der Waals surface area (Å²) in [5, 5.41) is 5.77. The molecule has 5 heteroatoms. The Balaban J connectivity index is 1.58. The third-order valence-corrected chi connectivity index (χ3v) is 5.12. The molecule has 1 fully saturated rings. The van der Waals surface area contributed by atoms with Crippen LogP contribution in [0.25, 0.3) is 0 Å². The number of nitrogens with one attached hydrogen (secondary N) is 2. The zero-order valence-electron chi connectivity index (χ0n) is 15.7. The first-order chi connectivity index (χ1) is 13.0. The molecule has 27 heavy (non-hydrogen) atoms. The smallest absolute Gasteiger partial charge is 0.228 e. The Morgan fingerprint density at radius 3 is 2.15 bits per heavy atom. The van der Waals surface area contributed by atoms with Crippen molar-refractivity contribution in [3.8, 4) is 0 Å². The van der Waals surface area contributed by atoms with Gasteiger partial charge in [-0.2, -0.15) is 0 Å². The molecule has 0 heterocycles. The quantitative estimate of drug-likeness (QED) is 0.780. The summed E-state index contributed by atoms with van der Waals surface area (Å²) in [6.45, 7) is 4.25. The van der Waals surface area contributed by atoms with Crippen LogP contribution >= 0.6 is 0 Å². The number of carbonyl (C=O) groups excluding carboxylic acids is 2. The van der Waals surface area contributed by atoms with Gasteiger partial charge in [0.25, 0.3) is 0 Å². The average Bonchev–Trinajstić information content (AvgIpc) is 3.48. The van der Waals surface area contributed by atoms with Crippen molar-refractivity contribution in [3.63, 3.8) is 0 Å². The molecule has 1 aliphatic carbocycles. The molecular weight excluding hydrogens is 343 g/mol. The molecule has 0 aliphatic heterocycles. The third-order valence-electron chi connectivity index (χ3n) is 5.12. The number of carbonyl (C=O) groups is 2. The lowest BCUT2D eigenvalue weighted by Gasteiger charge is -2.14. The molecule has 2 aromatic rings. The topological polar surface area (TPSA) is 58.2 Å². The lowest BCUT2D eigenvalue weighted by atomic mass is 10.0. The molecule has 4 nitrogen and oxygen atoms in total. The van der Waals surface area contributed by atoms with E-state index in [1.165, 1.54) is 6.07 Å². The molecule has 0 spiro atoms. The van der Waals surface area contributed by atoms with Crippen LogP contribution in [0.3, 0.4) is 0 Å². The zero-order chi connectivity index (χ0) is 19.4. The fourth-order valence-electron chi connectivity index (χ4n) is 3.35. The maximum atomic E-state index is 13.6. The van der Waals surface area contributed by atoms with Crippen LogP contribution in [0, 0.1) is 17.7 Å². The van der Waals surface area contributed by atoms with E-state index in [0.29, 0.717) is 12.0 Å². The summed E-state index contributed by atoms with van der Waals surface area (Å²) >= 11 is 0. The fraction of sp³-hybridized carbons (Fsp3) is 0.364. The number of anilines is 1. The molecule has 3 rings (SSSR count). The van der Waals surface area contributed by atoms with Gasteiger partial charge in [0, 0.05) is 17.8 Å². The van der Waals surface area contributed by atoms with Crippen LogP contribution in [0.15, 0.2) is 42.5 Å². The van der Waals surface area contributed by atoms with Gasteiger partial charge in [0.05, 0.1) is 11.8 Å². The first kappa shape index (κ1) is 19.1. The minimum absolute atomic E-state index is 0.114.